The average Bonchev–Trinajstić information content (AvgIpc) is 2.78. The van der Waals surface area contributed by atoms with Crippen LogP contribution in [0.3, 0.4) is 0 Å². The van der Waals surface area contributed by atoms with Crippen LogP contribution in [0, 0.1) is 5.82 Å². The number of ether oxygens (including phenoxy) is 3. The Morgan fingerprint density at radius 3 is 2.33 bits per heavy atom. The van der Waals surface area contributed by atoms with Crippen LogP contribution in [-0.4, -0.2) is 32.9 Å². The summed E-state index contributed by atoms with van der Waals surface area (Å²) in [6.45, 7) is -0.159. The SMILES string of the molecule is COc1ccc(N=Cc2ccc(OCC(=O)Nc3ccc(F)cc3)cc2)c(OC)c1. The Hall–Kier alpha value is -3.87. The van der Waals surface area contributed by atoms with Crippen LogP contribution in [0.15, 0.2) is 71.7 Å². The predicted molar refractivity (Wildman–Crippen MR) is 114 cm³/mol. The van der Waals surface area contributed by atoms with Gasteiger partial charge in [0.1, 0.15) is 28.8 Å². The Morgan fingerprint density at radius 1 is 0.967 bits per heavy atom. The molecule has 0 unspecified atom stereocenters. The Morgan fingerprint density at radius 2 is 1.67 bits per heavy atom. The van der Waals surface area contributed by atoms with Gasteiger partial charge in [0.25, 0.3) is 5.91 Å². The van der Waals surface area contributed by atoms with Gasteiger partial charge in [0.15, 0.2) is 6.61 Å². The topological polar surface area (TPSA) is 69.2 Å². The van der Waals surface area contributed by atoms with E-state index in [9.17, 15) is 9.18 Å². The predicted octanol–water partition coefficient (Wildman–Crippen LogP) is 4.61. The largest absolute Gasteiger partial charge is 0.497 e. The Bertz CT molecular complexity index is 1020. The van der Waals surface area contributed by atoms with Crippen molar-refractivity contribution in [3.05, 3.63) is 78.1 Å². The van der Waals surface area contributed by atoms with Gasteiger partial charge in [0.05, 0.1) is 14.2 Å². The Labute approximate surface area is 173 Å². The van der Waals surface area contributed by atoms with Gasteiger partial charge >= 0.3 is 0 Å². The van der Waals surface area contributed by atoms with Crippen molar-refractivity contribution in [3.8, 4) is 17.2 Å². The van der Waals surface area contributed by atoms with Gasteiger partial charge in [-0.15, -0.1) is 0 Å². The third kappa shape index (κ3) is 5.81. The van der Waals surface area contributed by atoms with E-state index in [0.717, 1.165) is 5.56 Å². The van der Waals surface area contributed by atoms with Gasteiger partial charge < -0.3 is 19.5 Å². The number of nitrogens with one attached hydrogen (secondary N) is 1. The fraction of sp³-hybridized carbons (Fsp3) is 0.130. The molecule has 0 atom stereocenters. The van der Waals surface area contributed by atoms with E-state index in [0.29, 0.717) is 28.6 Å². The number of methoxy groups -OCH3 is 2. The van der Waals surface area contributed by atoms with Crippen LogP contribution in [0.25, 0.3) is 0 Å². The highest BCUT2D eigenvalue weighted by Gasteiger charge is 2.05. The van der Waals surface area contributed by atoms with Crippen LogP contribution in [0.2, 0.25) is 0 Å². The first-order valence-corrected chi connectivity index (χ1v) is 9.12. The molecular weight excluding hydrogens is 387 g/mol. The minimum absolute atomic E-state index is 0.159. The Kier molecular flexibility index (Phi) is 7.00. The van der Waals surface area contributed by atoms with Gasteiger partial charge in [-0.1, -0.05) is 0 Å². The first-order chi connectivity index (χ1) is 14.6. The normalized spacial score (nSPS) is 10.6. The minimum atomic E-state index is -0.363. The van der Waals surface area contributed by atoms with E-state index in [1.165, 1.54) is 24.3 Å². The van der Waals surface area contributed by atoms with E-state index >= 15 is 0 Å². The number of hydrogen-bond donors (Lipinski definition) is 1. The molecule has 1 N–H and O–H groups in total. The number of nitrogens with zero attached hydrogens (tertiary/aromatic N) is 1. The summed E-state index contributed by atoms with van der Waals surface area (Å²) in [7, 11) is 3.17. The molecule has 0 aliphatic rings. The molecule has 154 valence electrons. The van der Waals surface area contributed by atoms with E-state index < -0.39 is 0 Å². The quantitative estimate of drug-likeness (QED) is 0.553. The minimum Gasteiger partial charge on any atom is -0.497 e. The lowest BCUT2D eigenvalue weighted by Gasteiger charge is -2.08. The number of carbonyl (C=O) groups excluding carboxylic acids is 1. The molecule has 3 rings (SSSR count). The molecule has 0 radical (unpaired) electrons. The molecule has 30 heavy (non-hydrogen) atoms. The molecule has 0 fully saturated rings. The number of anilines is 1. The molecule has 7 heteroatoms. The van der Waals surface area contributed by atoms with Gasteiger partial charge in [-0.25, -0.2) is 4.39 Å². The number of aliphatic imine (C=N–C) groups is 1. The summed E-state index contributed by atoms with van der Waals surface area (Å²) in [5.41, 5.74) is 2.04. The third-order valence-electron chi connectivity index (χ3n) is 4.12. The first kappa shape index (κ1) is 20.9. The highest BCUT2D eigenvalue weighted by molar-refractivity contribution is 5.91. The molecular formula is C23H21FN2O4. The van der Waals surface area contributed by atoms with Crippen LogP contribution in [0.5, 0.6) is 17.2 Å². The number of rotatable bonds is 8. The van der Waals surface area contributed by atoms with E-state index in [1.54, 1.807) is 38.6 Å². The molecule has 0 spiro atoms. The van der Waals surface area contributed by atoms with E-state index in [1.807, 2.05) is 24.3 Å². The summed E-state index contributed by atoms with van der Waals surface area (Å²) in [5.74, 6) is 1.15. The maximum atomic E-state index is 12.9. The van der Waals surface area contributed by atoms with Crippen molar-refractivity contribution in [1.82, 2.24) is 0 Å². The van der Waals surface area contributed by atoms with Crippen molar-refractivity contribution in [2.24, 2.45) is 4.99 Å². The number of benzene rings is 3. The maximum Gasteiger partial charge on any atom is 0.262 e. The molecule has 3 aromatic carbocycles. The second-order valence-corrected chi connectivity index (χ2v) is 6.21. The second-order valence-electron chi connectivity index (χ2n) is 6.21. The van der Waals surface area contributed by atoms with Crippen molar-refractivity contribution in [3.63, 3.8) is 0 Å². The van der Waals surface area contributed by atoms with E-state index in [4.69, 9.17) is 14.2 Å². The standard InChI is InChI=1S/C23H21FN2O4/c1-28-20-11-12-21(22(13-20)29-2)25-14-16-3-9-19(10-4-16)30-15-23(27)26-18-7-5-17(24)6-8-18/h3-14H,15H2,1-2H3,(H,26,27). The zero-order valence-electron chi connectivity index (χ0n) is 16.6. The monoisotopic (exact) mass is 408 g/mol. The van der Waals surface area contributed by atoms with Crippen molar-refractivity contribution < 1.29 is 23.4 Å². The van der Waals surface area contributed by atoms with Crippen molar-refractivity contribution in [2.75, 3.05) is 26.1 Å². The second kappa shape index (κ2) is 10.1. The first-order valence-electron chi connectivity index (χ1n) is 9.12. The van der Waals surface area contributed by atoms with Crippen LogP contribution >= 0.6 is 0 Å². The fourth-order valence-electron chi connectivity index (χ4n) is 2.56. The zero-order valence-corrected chi connectivity index (χ0v) is 16.6. The third-order valence-corrected chi connectivity index (χ3v) is 4.12. The summed E-state index contributed by atoms with van der Waals surface area (Å²) < 4.78 is 28.9. The Balaban J connectivity index is 1.55. The maximum absolute atomic E-state index is 12.9. The van der Waals surface area contributed by atoms with Crippen LogP contribution in [0.1, 0.15) is 5.56 Å². The summed E-state index contributed by atoms with van der Waals surface area (Å²) >= 11 is 0. The lowest BCUT2D eigenvalue weighted by molar-refractivity contribution is -0.118. The number of carbonyl (C=O) groups is 1. The van der Waals surface area contributed by atoms with Crippen molar-refractivity contribution in [2.45, 2.75) is 0 Å². The zero-order chi connectivity index (χ0) is 21.3. The lowest BCUT2D eigenvalue weighted by atomic mass is 10.2. The van der Waals surface area contributed by atoms with Crippen LogP contribution < -0.4 is 19.5 Å². The molecule has 6 nitrogen and oxygen atoms in total. The van der Waals surface area contributed by atoms with Gasteiger partial charge in [0, 0.05) is 18.0 Å². The lowest BCUT2D eigenvalue weighted by Crippen LogP contribution is -2.20. The number of hydrogen-bond acceptors (Lipinski definition) is 5. The van der Waals surface area contributed by atoms with E-state index in [2.05, 4.69) is 10.3 Å². The molecule has 1 amide bonds. The highest BCUT2D eigenvalue weighted by Crippen LogP contribution is 2.31. The summed E-state index contributed by atoms with van der Waals surface area (Å²) in [4.78, 5) is 16.4. The summed E-state index contributed by atoms with van der Waals surface area (Å²) in [6, 6.07) is 18.1. The molecule has 3 aromatic rings. The smallest absolute Gasteiger partial charge is 0.262 e. The molecule has 0 saturated heterocycles. The fourth-order valence-corrected chi connectivity index (χ4v) is 2.56. The molecule has 0 saturated carbocycles. The highest BCUT2D eigenvalue weighted by atomic mass is 19.1. The molecule has 0 aliphatic heterocycles. The molecule has 0 aliphatic carbocycles. The van der Waals surface area contributed by atoms with Gasteiger partial charge in [0.2, 0.25) is 0 Å². The van der Waals surface area contributed by atoms with Gasteiger partial charge in [-0.05, 0) is 66.2 Å². The van der Waals surface area contributed by atoms with Crippen LogP contribution in [0.4, 0.5) is 15.8 Å². The average molecular weight is 408 g/mol. The number of halogens is 1. The van der Waals surface area contributed by atoms with E-state index in [-0.39, 0.29) is 18.3 Å². The van der Waals surface area contributed by atoms with Crippen LogP contribution in [-0.2, 0) is 4.79 Å². The summed E-state index contributed by atoms with van der Waals surface area (Å²) in [5, 5.41) is 2.64. The molecule has 0 aromatic heterocycles. The summed E-state index contributed by atoms with van der Waals surface area (Å²) in [6.07, 6.45) is 1.70. The number of amides is 1. The van der Waals surface area contributed by atoms with Crippen molar-refractivity contribution >= 4 is 23.5 Å². The van der Waals surface area contributed by atoms with Crippen molar-refractivity contribution in [1.29, 1.82) is 0 Å². The molecule has 0 heterocycles. The van der Waals surface area contributed by atoms with Gasteiger partial charge in [-0.3, -0.25) is 9.79 Å². The van der Waals surface area contributed by atoms with Gasteiger partial charge in [-0.2, -0.15) is 0 Å². The molecule has 0 bridgehead atoms.